The number of aliphatic hydroxyl groups is 1. The van der Waals surface area contributed by atoms with Gasteiger partial charge in [0.1, 0.15) is 6.10 Å². The molecule has 13 nitrogen and oxygen atoms in total. The van der Waals surface area contributed by atoms with E-state index in [-0.39, 0.29) is 5.82 Å². The van der Waals surface area contributed by atoms with E-state index >= 15 is 0 Å². The average Bonchev–Trinajstić information content (AvgIpc) is 2.97. The number of ether oxygens (including phenoxy) is 3. The van der Waals surface area contributed by atoms with Crippen LogP contribution in [0, 0.1) is 0 Å². The van der Waals surface area contributed by atoms with Gasteiger partial charge < -0.3 is 29.1 Å². The normalized spacial score (nSPS) is 26.6. The summed E-state index contributed by atoms with van der Waals surface area (Å²) in [6, 6.07) is 1.31. The van der Waals surface area contributed by atoms with Gasteiger partial charge in [-0.3, -0.25) is 4.57 Å². The molecule has 2 saturated heterocycles. The molecular weight excluding hydrogens is 368 g/mol. The van der Waals surface area contributed by atoms with Gasteiger partial charge in [-0.25, -0.2) is 19.2 Å². The minimum atomic E-state index is -1.22. The van der Waals surface area contributed by atoms with Crippen LogP contribution >= 0.6 is 0 Å². The van der Waals surface area contributed by atoms with Crippen molar-refractivity contribution in [2.75, 3.05) is 26.2 Å². The van der Waals surface area contributed by atoms with Crippen molar-refractivity contribution in [3.63, 3.8) is 0 Å². The number of carbonyl (C=O) groups is 3. The number of carbonyl (C=O) groups excluding carboxylic acids is 3. The van der Waals surface area contributed by atoms with E-state index in [4.69, 9.17) is 19.0 Å². The van der Waals surface area contributed by atoms with Crippen LogP contribution in [0.15, 0.2) is 17.1 Å². The zero-order valence-corrected chi connectivity index (χ0v) is 14.2. The maximum atomic E-state index is 12.3. The van der Waals surface area contributed by atoms with Gasteiger partial charge in [-0.1, -0.05) is 0 Å². The Morgan fingerprint density at radius 2 is 1.96 bits per heavy atom. The molecule has 2 N–H and O–H groups in total. The maximum Gasteiger partial charge on any atom is 0.433 e. The van der Waals surface area contributed by atoms with Gasteiger partial charge in [-0.2, -0.15) is 10.5 Å². The highest BCUT2D eigenvalue weighted by Gasteiger charge is 2.54. The first-order valence-electron chi connectivity index (χ1n) is 7.73. The van der Waals surface area contributed by atoms with Gasteiger partial charge in [-0.15, -0.1) is 0 Å². The molecule has 0 saturated carbocycles. The number of hydrogen-bond acceptors (Lipinski definition) is 11. The molecule has 146 valence electrons. The molecular formula is C14H16N4O9. The van der Waals surface area contributed by atoms with E-state index in [2.05, 4.69) is 10.5 Å². The summed E-state index contributed by atoms with van der Waals surface area (Å²) in [6.45, 7) is -0.523. The van der Waals surface area contributed by atoms with E-state index in [0.717, 1.165) is 9.47 Å². The second-order valence-electron chi connectivity index (χ2n) is 5.85. The number of hydrogen-bond donors (Lipinski definition) is 2. The van der Waals surface area contributed by atoms with Crippen molar-refractivity contribution in [2.24, 2.45) is 0 Å². The number of fused-ring (bicyclic) bond motifs is 1. The minimum Gasteiger partial charge on any atom is -0.447 e. The number of esters is 2. The first-order valence-corrected chi connectivity index (χ1v) is 7.73. The minimum absolute atomic E-state index is 0.0493. The van der Waals surface area contributed by atoms with E-state index < -0.39 is 54.9 Å². The van der Waals surface area contributed by atoms with E-state index in [0.29, 0.717) is 0 Å². The highest BCUT2D eigenvalue weighted by Crippen LogP contribution is 2.35. The van der Waals surface area contributed by atoms with Gasteiger partial charge in [-0.05, 0) is 0 Å². The lowest BCUT2D eigenvalue weighted by Gasteiger charge is -2.27. The van der Waals surface area contributed by atoms with Crippen LogP contribution in [0.1, 0.15) is 6.23 Å². The summed E-state index contributed by atoms with van der Waals surface area (Å²) in [7, 11) is 2.94. The lowest BCUT2D eigenvalue weighted by Crippen LogP contribution is -2.48. The zero-order valence-electron chi connectivity index (χ0n) is 14.2. The first kappa shape index (κ1) is 18.6. The molecule has 1 aromatic heterocycles. The lowest BCUT2D eigenvalue weighted by molar-refractivity contribution is -0.195. The van der Waals surface area contributed by atoms with Crippen LogP contribution in [0.4, 0.5) is 10.6 Å². The Labute approximate surface area is 151 Å². The van der Waals surface area contributed by atoms with E-state index in [9.17, 15) is 24.3 Å². The fourth-order valence-electron chi connectivity index (χ4n) is 2.54. The van der Waals surface area contributed by atoms with Crippen LogP contribution < -0.4 is 11.2 Å². The highest BCUT2D eigenvalue weighted by molar-refractivity contribution is 6.30. The van der Waals surface area contributed by atoms with E-state index in [1.54, 1.807) is 0 Å². The standard InChI is InChI=1S/C14H16N4O9/c1-17(2)14(23)27-16-7-3-4-18(13(22)15-7)10-9-8(6(5-19)24-10)25-11(20)12(21)26-9/h3-4,6,8-10,19H,5H2,1-2H3,(H,15,16,22)/t6-,8?,9?,10-/m1/s1. The molecule has 1 aromatic rings. The van der Waals surface area contributed by atoms with Gasteiger partial charge in [0.05, 0.1) is 6.61 Å². The molecule has 2 unspecified atom stereocenters. The van der Waals surface area contributed by atoms with Crippen LogP contribution in [0.2, 0.25) is 0 Å². The smallest absolute Gasteiger partial charge is 0.433 e. The second kappa shape index (κ2) is 7.20. The first-order chi connectivity index (χ1) is 12.8. The maximum absolute atomic E-state index is 12.3. The van der Waals surface area contributed by atoms with Crippen molar-refractivity contribution >= 4 is 23.8 Å². The second-order valence-corrected chi connectivity index (χ2v) is 5.85. The Morgan fingerprint density at radius 1 is 1.30 bits per heavy atom. The predicted octanol–water partition coefficient (Wildman–Crippen LogP) is -2.00. The van der Waals surface area contributed by atoms with Gasteiger partial charge in [0.25, 0.3) is 0 Å². The summed E-state index contributed by atoms with van der Waals surface area (Å²) >= 11 is 0. The van der Waals surface area contributed by atoms with Gasteiger partial charge in [0, 0.05) is 26.4 Å². The SMILES string of the molecule is CN(C)C(=O)ONc1ccn([C@@H]2O[C@H](CO)C3OC(=O)C(=O)OC32)c(=O)n1. The van der Waals surface area contributed by atoms with Gasteiger partial charge in [0.2, 0.25) is 0 Å². The lowest BCUT2D eigenvalue weighted by atomic mass is 10.1. The Balaban J connectivity index is 1.79. The largest absolute Gasteiger partial charge is 0.447 e. The molecule has 2 aliphatic heterocycles. The summed E-state index contributed by atoms with van der Waals surface area (Å²) in [5, 5.41) is 9.38. The molecule has 2 aliphatic rings. The molecule has 4 atom stereocenters. The number of aliphatic hydroxyl groups excluding tert-OH is 1. The summed E-state index contributed by atoms with van der Waals surface area (Å²) < 4.78 is 16.4. The molecule has 0 radical (unpaired) electrons. The van der Waals surface area contributed by atoms with Gasteiger partial charge >= 0.3 is 23.7 Å². The molecule has 0 aromatic carbocycles. The number of nitrogens with one attached hydrogen (secondary N) is 1. The summed E-state index contributed by atoms with van der Waals surface area (Å²) in [6.07, 6.45) is -3.78. The van der Waals surface area contributed by atoms with Crippen molar-refractivity contribution < 1.29 is 38.5 Å². The Hall–Kier alpha value is -3.19. The quantitative estimate of drug-likeness (QED) is 0.256. The monoisotopic (exact) mass is 384 g/mol. The van der Waals surface area contributed by atoms with Crippen LogP contribution in [0.3, 0.4) is 0 Å². The molecule has 3 heterocycles. The third-order valence-corrected chi connectivity index (χ3v) is 3.83. The van der Waals surface area contributed by atoms with Crippen LogP contribution in [-0.2, 0) is 28.6 Å². The molecule has 27 heavy (non-hydrogen) atoms. The number of anilines is 1. The Kier molecular flexibility index (Phi) is 4.96. The number of amides is 1. The van der Waals surface area contributed by atoms with Crippen LogP contribution in [0.25, 0.3) is 0 Å². The summed E-state index contributed by atoms with van der Waals surface area (Å²) in [5.41, 5.74) is 1.40. The van der Waals surface area contributed by atoms with E-state index in [1.807, 2.05) is 0 Å². The van der Waals surface area contributed by atoms with Crippen molar-refractivity contribution in [3.8, 4) is 0 Å². The topological polar surface area (TPSA) is 159 Å². The number of aromatic nitrogens is 2. The van der Waals surface area contributed by atoms with Crippen LogP contribution in [-0.4, -0.2) is 76.6 Å². The number of nitrogens with zero attached hydrogens (tertiary/aromatic N) is 3. The van der Waals surface area contributed by atoms with Crippen molar-refractivity contribution in [3.05, 3.63) is 22.7 Å². The fourth-order valence-corrected chi connectivity index (χ4v) is 2.54. The Morgan fingerprint density at radius 3 is 2.56 bits per heavy atom. The molecule has 0 spiro atoms. The summed E-state index contributed by atoms with van der Waals surface area (Å²) in [5.74, 6) is -2.48. The molecule has 0 bridgehead atoms. The fraction of sp³-hybridized carbons (Fsp3) is 0.500. The van der Waals surface area contributed by atoms with Crippen molar-refractivity contribution in [2.45, 2.75) is 24.5 Å². The molecule has 2 fully saturated rings. The molecule has 3 rings (SSSR count). The third kappa shape index (κ3) is 3.54. The number of rotatable bonds is 4. The molecule has 0 aliphatic carbocycles. The molecule has 13 heteroatoms. The van der Waals surface area contributed by atoms with Crippen molar-refractivity contribution in [1.29, 1.82) is 0 Å². The van der Waals surface area contributed by atoms with Gasteiger partial charge in [0.15, 0.2) is 24.3 Å². The predicted molar refractivity (Wildman–Crippen MR) is 83.0 cm³/mol. The van der Waals surface area contributed by atoms with E-state index in [1.165, 1.54) is 26.4 Å². The highest BCUT2D eigenvalue weighted by atomic mass is 16.7. The average molecular weight is 384 g/mol. The van der Waals surface area contributed by atoms with Crippen molar-refractivity contribution in [1.82, 2.24) is 14.5 Å². The third-order valence-electron chi connectivity index (χ3n) is 3.83. The molecule has 1 amide bonds. The van der Waals surface area contributed by atoms with Crippen LogP contribution in [0.5, 0.6) is 0 Å². The summed E-state index contributed by atoms with van der Waals surface area (Å²) in [4.78, 5) is 56.0. The Bertz CT molecular complexity index is 823. The zero-order chi connectivity index (χ0) is 19.7.